The Hall–Kier alpha value is -4.06. The Labute approximate surface area is 209 Å². The minimum atomic E-state index is -4.60. The second kappa shape index (κ2) is 9.43. The van der Waals surface area contributed by atoms with Crippen LogP contribution in [-0.2, 0) is 14.8 Å². The summed E-state index contributed by atoms with van der Waals surface area (Å²) in [4.78, 5) is 19.7. The maximum Gasteiger partial charge on any atom is 0.262 e. The molecule has 0 aliphatic carbocycles. The molecule has 1 amide bonds. The highest BCUT2D eigenvalue weighted by Crippen LogP contribution is 2.33. The van der Waals surface area contributed by atoms with Crippen molar-refractivity contribution in [3.8, 4) is 11.1 Å². The molecule has 0 spiro atoms. The molecule has 12 heteroatoms. The van der Waals surface area contributed by atoms with Crippen LogP contribution in [0.4, 0.5) is 29.2 Å². The van der Waals surface area contributed by atoms with Gasteiger partial charge >= 0.3 is 0 Å². The molecule has 2 N–H and O–H groups in total. The van der Waals surface area contributed by atoms with E-state index in [0.717, 1.165) is 12.1 Å². The van der Waals surface area contributed by atoms with Gasteiger partial charge in [-0.1, -0.05) is 26.8 Å². The van der Waals surface area contributed by atoms with Crippen molar-refractivity contribution in [1.29, 1.82) is 0 Å². The lowest BCUT2D eigenvalue weighted by Crippen LogP contribution is -2.28. The van der Waals surface area contributed by atoms with Crippen LogP contribution in [0.2, 0.25) is 0 Å². The van der Waals surface area contributed by atoms with Gasteiger partial charge in [0, 0.05) is 23.1 Å². The number of amides is 1. The van der Waals surface area contributed by atoms with Gasteiger partial charge in [0.25, 0.3) is 10.0 Å². The fraction of sp³-hybridized carbons (Fsp3) is 0.160. The molecule has 1 heterocycles. The summed E-state index contributed by atoms with van der Waals surface area (Å²) in [5, 5.41) is 2.99. The largest absolute Gasteiger partial charge is 0.294 e. The fourth-order valence-electron chi connectivity index (χ4n) is 3.32. The van der Waals surface area contributed by atoms with Crippen molar-refractivity contribution in [2.45, 2.75) is 25.7 Å². The van der Waals surface area contributed by atoms with Gasteiger partial charge < -0.3 is 0 Å². The van der Waals surface area contributed by atoms with Crippen LogP contribution in [-0.4, -0.2) is 24.3 Å². The van der Waals surface area contributed by atoms with Crippen LogP contribution in [0.25, 0.3) is 22.0 Å². The number of hydrogen-bond donors (Lipinski definition) is 2. The molecule has 0 atom stereocenters. The molecule has 7 nitrogen and oxygen atoms in total. The predicted molar refractivity (Wildman–Crippen MR) is 130 cm³/mol. The van der Waals surface area contributed by atoms with E-state index in [4.69, 9.17) is 0 Å². The molecule has 0 aliphatic rings. The molecule has 0 bridgehead atoms. The summed E-state index contributed by atoms with van der Waals surface area (Å²) in [6, 6.07) is 7.55. The number of nitrogens with one attached hydrogen (secondary N) is 2. The molecular weight excluding hydrogens is 512 g/mol. The summed E-state index contributed by atoms with van der Waals surface area (Å²) in [6.45, 7) is 5.18. The summed E-state index contributed by atoms with van der Waals surface area (Å²) in [7, 11) is -4.60. The molecule has 3 aromatic carbocycles. The summed E-state index contributed by atoms with van der Waals surface area (Å²) in [6.07, 6.45) is 1.37. The van der Waals surface area contributed by atoms with E-state index in [1.807, 2.05) is 4.72 Å². The number of carbonyl (C=O) groups is 1. The molecule has 0 radical (unpaired) electrons. The maximum absolute atomic E-state index is 15.3. The van der Waals surface area contributed by atoms with E-state index in [9.17, 15) is 26.4 Å². The van der Waals surface area contributed by atoms with E-state index in [1.54, 1.807) is 20.8 Å². The van der Waals surface area contributed by atoms with Crippen molar-refractivity contribution in [2.24, 2.45) is 5.41 Å². The van der Waals surface area contributed by atoms with Crippen molar-refractivity contribution in [1.82, 2.24) is 9.97 Å². The van der Waals surface area contributed by atoms with E-state index in [0.29, 0.717) is 29.1 Å². The number of halogens is 4. The Morgan fingerprint density at radius 1 is 0.919 bits per heavy atom. The molecule has 192 valence electrons. The van der Waals surface area contributed by atoms with Gasteiger partial charge in [-0.2, -0.15) is 0 Å². The van der Waals surface area contributed by atoms with E-state index >= 15 is 4.39 Å². The highest BCUT2D eigenvalue weighted by Gasteiger charge is 2.24. The van der Waals surface area contributed by atoms with Crippen molar-refractivity contribution >= 4 is 38.5 Å². The lowest BCUT2D eigenvalue weighted by Gasteiger charge is -2.16. The monoisotopic (exact) mass is 532 g/mol. The molecule has 0 saturated carbocycles. The summed E-state index contributed by atoms with van der Waals surface area (Å²) >= 11 is 0. The minimum absolute atomic E-state index is 0.0513. The Bertz CT molecular complexity index is 1630. The summed E-state index contributed by atoms with van der Waals surface area (Å²) in [5.74, 6) is -4.74. The third-order valence-electron chi connectivity index (χ3n) is 5.26. The van der Waals surface area contributed by atoms with Crippen LogP contribution < -0.4 is 10.0 Å². The van der Waals surface area contributed by atoms with Gasteiger partial charge in [-0.25, -0.2) is 35.9 Å². The number of aromatic nitrogens is 2. The van der Waals surface area contributed by atoms with Crippen molar-refractivity contribution in [3.63, 3.8) is 0 Å². The average Bonchev–Trinajstić information content (AvgIpc) is 2.80. The predicted octanol–water partition coefficient (Wildman–Crippen LogP) is 5.64. The van der Waals surface area contributed by atoms with Crippen molar-refractivity contribution in [2.75, 3.05) is 10.0 Å². The van der Waals surface area contributed by atoms with Crippen molar-refractivity contribution < 1.29 is 30.8 Å². The second-order valence-corrected chi connectivity index (χ2v) is 10.8. The zero-order valence-corrected chi connectivity index (χ0v) is 20.6. The van der Waals surface area contributed by atoms with Crippen molar-refractivity contribution in [3.05, 3.63) is 78.0 Å². The first kappa shape index (κ1) is 26.0. The number of carbonyl (C=O) groups excluding carboxylic acids is 1. The third-order valence-corrected chi connectivity index (χ3v) is 6.60. The number of sulfonamides is 1. The van der Waals surface area contributed by atoms with Gasteiger partial charge in [0.1, 0.15) is 17.5 Å². The highest BCUT2D eigenvalue weighted by atomic mass is 32.2. The third kappa shape index (κ3) is 5.53. The van der Waals surface area contributed by atoms with Crippen LogP contribution in [0, 0.1) is 28.7 Å². The van der Waals surface area contributed by atoms with Crippen LogP contribution in [0.3, 0.4) is 0 Å². The number of benzene rings is 3. The Balaban J connectivity index is 1.69. The lowest BCUT2D eigenvalue weighted by atomic mass is 9.96. The number of anilines is 2. The molecule has 4 aromatic rings. The lowest BCUT2D eigenvalue weighted by molar-refractivity contribution is -0.123. The van der Waals surface area contributed by atoms with E-state index < -0.39 is 54.9 Å². The number of nitrogens with zero attached hydrogens (tertiary/aromatic N) is 2. The molecule has 4 rings (SSSR count). The van der Waals surface area contributed by atoms with E-state index in [1.165, 1.54) is 24.4 Å². The second-order valence-electron chi connectivity index (χ2n) is 9.17. The SMILES string of the molecule is CC(C)(C)C(=O)Nc1ncc2cc(-c3c(F)ccc(NS(=O)(=O)c4cc(F)cc(F)c4)c3F)ccc2n1. The fourth-order valence-corrected chi connectivity index (χ4v) is 4.42. The first-order chi connectivity index (χ1) is 17.2. The first-order valence-electron chi connectivity index (χ1n) is 10.8. The molecule has 37 heavy (non-hydrogen) atoms. The molecule has 0 unspecified atom stereocenters. The first-order valence-corrected chi connectivity index (χ1v) is 12.3. The van der Waals surface area contributed by atoms with Crippen LogP contribution in [0.15, 0.2) is 59.6 Å². The molecule has 0 aliphatic heterocycles. The highest BCUT2D eigenvalue weighted by molar-refractivity contribution is 7.92. The zero-order chi connectivity index (χ0) is 27.1. The summed E-state index contributed by atoms with van der Waals surface area (Å²) < 4.78 is 84.1. The number of fused-ring (bicyclic) bond motifs is 1. The maximum atomic E-state index is 15.3. The Morgan fingerprint density at radius 2 is 1.59 bits per heavy atom. The van der Waals surface area contributed by atoms with E-state index in [2.05, 4.69) is 15.3 Å². The number of rotatable bonds is 5. The number of hydrogen-bond acceptors (Lipinski definition) is 5. The molecule has 0 saturated heterocycles. The van der Waals surface area contributed by atoms with Gasteiger partial charge in [-0.15, -0.1) is 0 Å². The van der Waals surface area contributed by atoms with Gasteiger partial charge in [0.15, 0.2) is 5.82 Å². The Kier molecular flexibility index (Phi) is 6.63. The smallest absolute Gasteiger partial charge is 0.262 e. The minimum Gasteiger partial charge on any atom is -0.294 e. The van der Waals surface area contributed by atoms with Gasteiger partial charge in [0.05, 0.1) is 21.7 Å². The topological polar surface area (TPSA) is 101 Å². The zero-order valence-electron chi connectivity index (χ0n) is 19.7. The van der Waals surface area contributed by atoms with Gasteiger partial charge in [-0.05, 0) is 42.0 Å². The van der Waals surface area contributed by atoms with Crippen LogP contribution in [0.5, 0.6) is 0 Å². The average molecular weight is 533 g/mol. The van der Waals surface area contributed by atoms with Crippen LogP contribution in [0.1, 0.15) is 20.8 Å². The molecule has 0 fully saturated rings. The quantitative estimate of drug-likeness (QED) is 0.324. The normalized spacial score (nSPS) is 12.0. The molecular formula is C25H20F4N4O3S. The molecule has 1 aromatic heterocycles. The van der Waals surface area contributed by atoms with Crippen LogP contribution >= 0.6 is 0 Å². The van der Waals surface area contributed by atoms with Gasteiger partial charge in [-0.3, -0.25) is 14.8 Å². The van der Waals surface area contributed by atoms with E-state index in [-0.39, 0.29) is 17.4 Å². The standard InChI is InChI=1S/C25H20F4N4O3S/c1-25(2,3)23(34)32-24-30-12-14-8-13(4-6-19(14)31-24)21-18(28)5-7-20(22(21)29)33-37(35,36)17-10-15(26)9-16(27)11-17/h4-12,33H,1-3H3,(H,30,31,32,34). The Morgan fingerprint density at radius 3 is 2.24 bits per heavy atom. The van der Waals surface area contributed by atoms with Gasteiger partial charge in [0.2, 0.25) is 11.9 Å². The summed E-state index contributed by atoms with van der Waals surface area (Å²) in [5.41, 5.74) is -1.41.